The highest BCUT2D eigenvalue weighted by Gasteiger charge is 2.45. The third kappa shape index (κ3) is 4.15. The van der Waals surface area contributed by atoms with Crippen LogP contribution in [0.3, 0.4) is 0 Å². The molecule has 1 aliphatic heterocycles. The molecule has 5 rings (SSSR count). The van der Waals surface area contributed by atoms with Gasteiger partial charge < -0.3 is 15.3 Å². The van der Waals surface area contributed by atoms with Crippen molar-refractivity contribution < 1.29 is 9.90 Å². The Labute approximate surface area is 201 Å². The van der Waals surface area contributed by atoms with Crippen molar-refractivity contribution in [2.75, 3.05) is 18.9 Å². The molecule has 0 bridgehead atoms. The van der Waals surface area contributed by atoms with E-state index in [4.69, 9.17) is 4.98 Å². The Hall–Kier alpha value is -3.69. The first-order valence-electron chi connectivity index (χ1n) is 11.0. The molecule has 4 aromatic rings. The number of hydrogen-bond donors (Lipinski definition) is 2. The number of rotatable bonds is 6. The summed E-state index contributed by atoms with van der Waals surface area (Å²) in [5.41, 5.74) is 2.30. The summed E-state index contributed by atoms with van der Waals surface area (Å²) in [5.74, 6) is 0.226. The number of amides is 1. The maximum Gasteiger partial charge on any atom is 0.258 e. The van der Waals surface area contributed by atoms with E-state index in [1.807, 2.05) is 54.8 Å². The zero-order chi connectivity index (χ0) is 23.7. The number of likely N-dealkylation sites (N-methyl/N-ethyl adjacent to an activating group) is 1. The number of carbonyl (C=O) groups excluding carboxylic acids is 1. The average Bonchev–Trinajstić information content (AvgIpc) is 3.47. The van der Waals surface area contributed by atoms with Crippen LogP contribution in [0.2, 0.25) is 0 Å². The van der Waals surface area contributed by atoms with Crippen LogP contribution in [0.15, 0.2) is 66.3 Å². The van der Waals surface area contributed by atoms with Gasteiger partial charge in [-0.15, -0.1) is 11.3 Å². The van der Waals surface area contributed by atoms with E-state index in [0.29, 0.717) is 30.2 Å². The maximum absolute atomic E-state index is 12.5. The van der Waals surface area contributed by atoms with Crippen LogP contribution in [0.25, 0.3) is 22.0 Å². The quantitative estimate of drug-likeness (QED) is 0.439. The Kier molecular flexibility index (Phi) is 5.80. The first kappa shape index (κ1) is 22.1. The summed E-state index contributed by atoms with van der Waals surface area (Å²) in [7, 11) is 1.71. The molecule has 1 amide bonds. The Morgan fingerprint density at radius 2 is 1.97 bits per heavy atom. The molecule has 0 saturated carbocycles. The number of nitrogens with one attached hydrogen (secondary N) is 1. The summed E-state index contributed by atoms with van der Waals surface area (Å²) in [6.45, 7) is 2.54. The van der Waals surface area contributed by atoms with Crippen molar-refractivity contribution in [1.82, 2.24) is 24.8 Å². The molecule has 1 saturated heterocycles. The van der Waals surface area contributed by atoms with Gasteiger partial charge in [0.05, 0.1) is 17.4 Å². The number of aliphatic hydroxyl groups is 1. The van der Waals surface area contributed by atoms with Crippen molar-refractivity contribution in [2.24, 2.45) is 0 Å². The zero-order valence-electron chi connectivity index (χ0n) is 18.8. The minimum absolute atomic E-state index is 0.0478. The van der Waals surface area contributed by atoms with Crippen LogP contribution in [0, 0.1) is 0 Å². The molecule has 0 radical (unpaired) electrons. The van der Waals surface area contributed by atoms with Crippen LogP contribution in [0.5, 0.6) is 0 Å². The highest BCUT2D eigenvalue weighted by Crippen LogP contribution is 2.36. The number of nitrogens with zero attached hydrogens (tertiary/aromatic N) is 5. The molecule has 1 aromatic carbocycles. The van der Waals surface area contributed by atoms with Gasteiger partial charge in [0.1, 0.15) is 10.7 Å². The number of hydrogen-bond acceptors (Lipinski definition) is 8. The molecular weight excluding hydrogens is 448 g/mol. The number of likely N-dealkylation sites (tertiary alicyclic amines) is 1. The molecule has 1 aliphatic rings. The second kappa shape index (κ2) is 8.92. The number of benzene rings is 1. The van der Waals surface area contributed by atoms with Gasteiger partial charge in [0.2, 0.25) is 5.95 Å². The van der Waals surface area contributed by atoms with Gasteiger partial charge in [-0.1, -0.05) is 24.3 Å². The van der Waals surface area contributed by atoms with Crippen LogP contribution >= 0.6 is 11.3 Å². The molecule has 8 nitrogen and oxygen atoms in total. The fourth-order valence-corrected chi connectivity index (χ4v) is 4.84. The summed E-state index contributed by atoms with van der Waals surface area (Å²) in [6, 6.07) is 15.0. The van der Waals surface area contributed by atoms with E-state index in [-0.39, 0.29) is 11.9 Å². The van der Waals surface area contributed by atoms with Gasteiger partial charge >= 0.3 is 0 Å². The molecule has 2 N–H and O–H groups in total. The third-order valence-corrected chi connectivity index (χ3v) is 6.89. The topological polar surface area (TPSA) is 104 Å². The van der Waals surface area contributed by atoms with Crippen molar-refractivity contribution in [2.45, 2.75) is 25.0 Å². The summed E-state index contributed by atoms with van der Waals surface area (Å²) in [6.07, 6.45) is 3.84. The molecular formula is C25H24N6O2S. The number of thiazole rings is 1. The van der Waals surface area contributed by atoms with Crippen molar-refractivity contribution in [1.29, 1.82) is 0 Å². The molecule has 2 atom stereocenters. The normalized spacial score (nSPS) is 18.8. The smallest absolute Gasteiger partial charge is 0.258 e. The SMILES string of the molecule is CC(Nc1nccc(-c2csc(-c3cccc(C4(O)CCN(C)C4=O)c3)n2)n1)c1ccccn1. The molecule has 1 fully saturated rings. The van der Waals surface area contributed by atoms with E-state index < -0.39 is 5.60 Å². The first-order chi connectivity index (χ1) is 16.4. The van der Waals surface area contributed by atoms with Crippen LogP contribution in [0.1, 0.15) is 30.6 Å². The number of aromatic nitrogens is 4. The monoisotopic (exact) mass is 472 g/mol. The highest BCUT2D eigenvalue weighted by molar-refractivity contribution is 7.13. The lowest BCUT2D eigenvalue weighted by molar-refractivity contribution is -0.143. The largest absolute Gasteiger partial charge is 0.375 e. The van der Waals surface area contributed by atoms with Gasteiger partial charge in [0.15, 0.2) is 5.60 Å². The van der Waals surface area contributed by atoms with Crippen LogP contribution in [-0.4, -0.2) is 49.4 Å². The van der Waals surface area contributed by atoms with Gasteiger partial charge in [-0.05, 0) is 36.8 Å². The molecule has 4 heterocycles. The molecule has 34 heavy (non-hydrogen) atoms. The second-order valence-corrected chi connectivity index (χ2v) is 9.20. The summed E-state index contributed by atoms with van der Waals surface area (Å²) in [5, 5.41) is 17.0. The van der Waals surface area contributed by atoms with E-state index in [9.17, 15) is 9.90 Å². The second-order valence-electron chi connectivity index (χ2n) is 8.34. The highest BCUT2D eigenvalue weighted by atomic mass is 32.1. The fraction of sp³-hybridized carbons (Fsp3) is 0.240. The summed E-state index contributed by atoms with van der Waals surface area (Å²) in [4.78, 5) is 32.2. The van der Waals surface area contributed by atoms with Gasteiger partial charge in [-0.25, -0.2) is 15.0 Å². The van der Waals surface area contributed by atoms with E-state index in [1.54, 1.807) is 30.4 Å². The van der Waals surface area contributed by atoms with Gasteiger partial charge in [-0.2, -0.15) is 0 Å². The van der Waals surface area contributed by atoms with Crippen molar-refractivity contribution in [3.8, 4) is 22.0 Å². The van der Waals surface area contributed by atoms with Crippen molar-refractivity contribution >= 4 is 23.2 Å². The third-order valence-electron chi connectivity index (χ3n) is 6.00. The molecule has 0 aliphatic carbocycles. The van der Waals surface area contributed by atoms with E-state index in [1.165, 1.54) is 11.3 Å². The zero-order valence-corrected chi connectivity index (χ0v) is 19.7. The fourth-order valence-electron chi connectivity index (χ4n) is 4.03. The predicted octanol–water partition coefficient (Wildman–Crippen LogP) is 3.88. The Bertz CT molecular complexity index is 1330. The van der Waals surface area contributed by atoms with Crippen LogP contribution < -0.4 is 5.32 Å². The lowest BCUT2D eigenvalue weighted by Crippen LogP contribution is -2.36. The Balaban J connectivity index is 1.38. The van der Waals surface area contributed by atoms with E-state index in [2.05, 4.69) is 20.3 Å². The maximum atomic E-state index is 12.5. The lowest BCUT2D eigenvalue weighted by Gasteiger charge is -2.21. The van der Waals surface area contributed by atoms with Gasteiger partial charge in [0.25, 0.3) is 5.91 Å². The van der Waals surface area contributed by atoms with E-state index in [0.717, 1.165) is 22.0 Å². The molecule has 172 valence electrons. The molecule has 3 aromatic heterocycles. The Morgan fingerprint density at radius 1 is 1.09 bits per heavy atom. The minimum atomic E-state index is -1.48. The van der Waals surface area contributed by atoms with Gasteiger partial charge in [0, 0.05) is 43.4 Å². The summed E-state index contributed by atoms with van der Waals surface area (Å²) >= 11 is 1.49. The van der Waals surface area contributed by atoms with Gasteiger partial charge in [-0.3, -0.25) is 9.78 Å². The van der Waals surface area contributed by atoms with Crippen LogP contribution in [-0.2, 0) is 10.4 Å². The molecule has 9 heteroatoms. The standard InChI is InChI=1S/C25H24N6O2S/c1-16(19-8-3-4-11-26-19)28-24-27-12-9-20(30-24)21-15-34-22(29-21)17-6-5-7-18(14-17)25(33)10-13-31(2)23(25)32/h3-9,11-12,14-16,33H,10,13H2,1-2H3,(H,27,28,30). The predicted molar refractivity (Wildman–Crippen MR) is 131 cm³/mol. The lowest BCUT2D eigenvalue weighted by atomic mass is 9.91. The number of pyridine rings is 1. The van der Waals surface area contributed by atoms with Crippen molar-refractivity contribution in [3.05, 3.63) is 77.6 Å². The van der Waals surface area contributed by atoms with E-state index >= 15 is 0 Å². The van der Waals surface area contributed by atoms with Crippen molar-refractivity contribution in [3.63, 3.8) is 0 Å². The number of anilines is 1. The Morgan fingerprint density at radius 3 is 2.74 bits per heavy atom. The molecule has 2 unspecified atom stereocenters. The minimum Gasteiger partial charge on any atom is -0.375 e. The molecule has 0 spiro atoms. The average molecular weight is 473 g/mol. The number of carbonyl (C=O) groups is 1. The van der Waals surface area contributed by atoms with Crippen LogP contribution in [0.4, 0.5) is 5.95 Å². The summed E-state index contributed by atoms with van der Waals surface area (Å²) < 4.78 is 0. The first-order valence-corrected chi connectivity index (χ1v) is 11.9.